The van der Waals surface area contributed by atoms with E-state index in [0.29, 0.717) is 17.7 Å². The minimum absolute atomic E-state index is 0.442. The Morgan fingerprint density at radius 1 is 1.50 bits per heavy atom. The van der Waals surface area contributed by atoms with Crippen molar-refractivity contribution in [3.8, 4) is 5.75 Å². The van der Waals surface area contributed by atoms with Gasteiger partial charge in [-0.25, -0.2) is 4.98 Å². The number of para-hydroxylation sites is 1. The molecule has 1 aliphatic rings. The van der Waals surface area contributed by atoms with Gasteiger partial charge in [0.1, 0.15) is 17.1 Å². The van der Waals surface area contributed by atoms with Crippen molar-refractivity contribution in [2.75, 3.05) is 12.4 Å². The summed E-state index contributed by atoms with van der Waals surface area (Å²) < 4.78 is 7.95. The number of ether oxygens (including phenoxy) is 1. The van der Waals surface area contributed by atoms with Gasteiger partial charge < -0.3 is 9.30 Å². The quantitative estimate of drug-likeness (QED) is 0.779. The molecule has 1 saturated heterocycles. The summed E-state index contributed by atoms with van der Waals surface area (Å²) in [6.07, 6.45) is 2.61. The average Bonchev–Trinajstić information content (AvgIpc) is 3.08. The fraction of sp³-hybridized carbons (Fsp3) is 0.533. The Kier molecular flexibility index (Phi) is 4.41. The largest absolute Gasteiger partial charge is 0.492 e. The van der Waals surface area contributed by atoms with Gasteiger partial charge in [-0.05, 0) is 37.7 Å². The molecule has 5 heteroatoms. The highest BCUT2D eigenvalue weighted by atomic mass is 35.5. The van der Waals surface area contributed by atoms with Crippen molar-refractivity contribution in [2.45, 2.75) is 37.4 Å². The number of thioether (sulfide) groups is 1. The minimum atomic E-state index is 0.442. The lowest BCUT2D eigenvalue weighted by molar-refractivity contribution is 0.343. The molecule has 0 saturated carbocycles. The number of aromatic nitrogens is 2. The molecule has 20 heavy (non-hydrogen) atoms. The van der Waals surface area contributed by atoms with Crippen molar-refractivity contribution in [1.29, 1.82) is 0 Å². The van der Waals surface area contributed by atoms with E-state index in [2.05, 4.69) is 27.4 Å². The number of halogens is 1. The standard InChI is InChI=1S/C15H19ClN2OS/c1-2-19-13-7-3-6-12-15(13)17-14(9-16)18(12)10-11-5-4-8-20-11/h3,6-7,11H,2,4-5,8-10H2,1H3. The Morgan fingerprint density at radius 3 is 3.10 bits per heavy atom. The summed E-state index contributed by atoms with van der Waals surface area (Å²) in [5.74, 6) is 3.52. The first-order valence-electron chi connectivity index (χ1n) is 7.12. The Bertz CT molecular complexity index is 593. The van der Waals surface area contributed by atoms with Gasteiger partial charge in [0.2, 0.25) is 0 Å². The molecule has 1 aliphatic heterocycles. The van der Waals surface area contributed by atoms with E-state index in [0.717, 1.165) is 29.2 Å². The van der Waals surface area contributed by atoms with Gasteiger partial charge >= 0.3 is 0 Å². The molecule has 0 bridgehead atoms. The van der Waals surface area contributed by atoms with Gasteiger partial charge in [0.05, 0.1) is 18.0 Å². The fourth-order valence-electron chi connectivity index (χ4n) is 2.74. The second-order valence-corrected chi connectivity index (χ2v) is 6.64. The number of nitrogens with zero attached hydrogens (tertiary/aromatic N) is 2. The molecule has 1 aromatic carbocycles. The number of hydrogen-bond acceptors (Lipinski definition) is 3. The van der Waals surface area contributed by atoms with Gasteiger partial charge in [0.25, 0.3) is 0 Å². The van der Waals surface area contributed by atoms with Crippen LogP contribution in [-0.2, 0) is 12.4 Å². The summed E-state index contributed by atoms with van der Waals surface area (Å²) in [6, 6.07) is 6.12. The fourth-order valence-corrected chi connectivity index (χ4v) is 4.20. The number of fused-ring (bicyclic) bond motifs is 1. The predicted molar refractivity (Wildman–Crippen MR) is 85.9 cm³/mol. The average molecular weight is 311 g/mol. The van der Waals surface area contributed by atoms with Crippen molar-refractivity contribution in [2.24, 2.45) is 0 Å². The third-order valence-electron chi connectivity index (χ3n) is 3.65. The summed E-state index contributed by atoms with van der Waals surface area (Å²) in [5.41, 5.74) is 2.08. The predicted octanol–water partition coefficient (Wildman–Crippen LogP) is 4.07. The molecule has 0 amide bonds. The molecule has 1 fully saturated rings. The van der Waals surface area contributed by atoms with Crippen molar-refractivity contribution in [3.63, 3.8) is 0 Å². The summed E-state index contributed by atoms with van der Waals surface area (Å²) in [6.45, 7) is 3.65. The zero-order chi connectivity index (χ0) is 13.9. The number of imidazole rings is 1. The van der Waals surface area contributed by atoms with E-state index in [-0.39, 0.29) is 0 Å². The van der Waals surface area contributed by atoms with Crippen LogP contribution >= 0.6 is 23.4 Å². The molecule has 3 rings (SSSR count). The molecule has 2 aromatic rings. The van der Waals surface area contributed by atoms with Gasteiger partial charge in [0, 0.05) is 11.8 Å². The van der Waals surface area contributed by atoms with Crippen LogP contribution in [0.4, 0.5) is 0 Å². The molecule has 0 radical (unpaired) electrons. The highest BCUT2D eigenvalue weighted by Crippen LogP contribution is 2.31. The smallest absolute Gasteiger partial charge is 0.147 e. The molecule has 0 N–H and O–H groups in total. The molecule has 1 atom stereocenters. The van der Waals surface area contributed by atoms with Crippen molar-refractivity contribution >= 4 is 34.4 Å². The van der Waals surface area contributed by atoms with Crippen LogP contribution < -0.4 is 4.74 Å². The van der Waals surface area contributed by atoms with E-state index >= 15 is 0 Å². The molecule has 1 aromatic heterocycles. The van der Waals surface area contributed by atoms with Gasteiger partial charge in [-0.3, -0.25) is 0 Å². The summed E-state index contributed by atoms with van der Waals surface area (Å²) >= 11 is 8.15. The van der Waals surface area contributed by atoms with E-state index in [9.17, 15) is 0 Å². The first-order valence-corrected chi connectivity index (χ1v) is 8.70. The van der Waals surface area contributed by atoms with E-state index < -0.39 is 0 Å². The summed E-state index contributed by atoms with van der Waals surface area (Å²) in [5, 5.41) is 0.685. The summed E-state index contributed by atoms with van der Waals surface area (Å²) in [7, 11) is 0. The van der Waals surface area contributed by atoms with Gasteiger partial charge in [-0.15, -0.1) is 11.6 Å². The molecule has 3 nitrogen and oxygen atoms in total. The van der Waals surface area contributed by atoms with Gasteiger partial charge in [-0.2, -0.15) is 11.8 Å². The van der Waals surface area contributed by atoms with Crippen LogP contribution in [0.25, 0.3) is 11.0 Å². The Labute approximate surface area is 128 Å². The summed E-state index contributed by atoms with van der Waals surface area (Å²) in [4.78, 5) is 4.69. The van der Waals surface area contributed by atoms with E-state index in [1.54, 1.807) is 0 Å². The minimum Gasteiger partial charge on any atom is -0.492 e. The number of alkyl halides is 1. The van der Waals surface area contributed by atoms with Crippen molar-refractivity contribution in [3.05, 3.63) is 24.0 Å². The topological polar surface area (TPSA) is 27.1 Å². The number of benzene rings is 1. The van der Waals surface area contributed by atoms with Gasteiger partial charge in [-0.1, -0.05) is 6.07 Å². The Balaban J connectivity index is 2.02. The Morgan fingerprint density at radius 2 is 2.40 bits per heavy atom. The van der Waals surface area contributed by atoms with Crippen LogP contribution in [0.1, 0.15) is 25.6 Å². The van der Waals surface area contributed by atoms with Crippen LogP contribution in [0.15, 0.2) is 18.2 Å². The van der Waals surface area contributed by atoms with Crippen LogP contribution in [0.5, 0.6) is 5.75 Å². The third-order valence-corrected chi connectivity index (χ3v) is 5.27. The van der Waals surface area contributed by atoms with E-state index in [1.165, 1.54) is 18.6 Å². The lowest BCUT2D eigenvalue weighted by Gasteiger charge is -2.13. The monoisotopic (exact) mass is 310 g/mol. The number of rotatable bonds is 5. The molecular weight excluding hydrogens is 292 g/mol. The van der Waals surface area contributed by atoms with Crippen LogP contribution in [0.3, 0.4) is 0 Å². The maximum atomic E-state index is 6.09. The van der Waals surface area contributed by atoms with E-state index in [1.807, 2.05) is 19.1 Å². The SMILES string of the molecule is CCOc1cccc2c1nc(CCl)n2CC1CCCS1. The van der Waals surface area contributed by atoms with Crippen molar-refractivity contribution in [1.82, 2.24) is 9.55 Å². The van der Waals surface area contributed by atoms with Crippen LogP contribution in [0.2, 0.25) is 0 Å². The molecule has 0 spiro atoms. The Hall–Kier alpha value is -0.870. The molecule has 108 valence electrons. The maximum absolute atomic E-state index is 6.09. The van der Waals surface area contributed by atoms with Gasteiger partial charge in [0.15, 0.2) is 0 Å². The molecule has 2 heterocycles. The second-order valence-electron chi connectivity index (χ2n) is 4.96. The molecule has 0 aliphatic carbocycles. The number of hydrogen-bond donors (Lipinski definition) is 0. The second kappa shape index (κ2) is 6.27. The molecular formula is C15H19ClN2OS. The zero-order valence-corrected chi connectivity index (χ0v) is 13.2. The van der Waals surface area contributed by atoms with E-state index in [4.69, 9.17) is 16.3 Å². The maximum Gasteiger partial charge on any atom is 0.147 e. The molecule has 1 unspecified atom stereocenters. The highest BCUT2D eigenvalue weighted by molar-refractivity contribution is 8.00. The first kappa shape index (κ1) is 14.1. The van der Waals surface area contributed by atoms with Crippen LogP contribution in [-0.4, -0.2) is 27.2 Å². The first-order chi connectivity index (χ1) is 9.83. The highest BCUT2D eigenvalue weighted by Gasteiger charge is 2.20. The van der Waals surface area contributed by atoms with Crippen LogP contribution in [0, 0.1) is 0 Å². The normalized spacial score (nSPS) is 18.8. The lowest BCUT2D eigenvalue weighted by atomic mass is 10.2. The third kappa shape index (κ3) is 2.63. The van der Waals surface area contributed by atoms with Crippen molar-refractivity contribution < 1.29 is 4.74 Å². The lowest BCUT2D eigenvalue weighted by Crippen LogP contribution is -2.12. The zero-order valence-electron chi connectivity index (χ0n) is 11.6.